The summed E-state index contributed by atoms with van der Waals surface area (Å²) in [6, 6.07) is 7.42. The summed E-state index contributed by atoms with van der Waals surface area (Å²) in [5, 5.41) is 9.80. The van der Waals surface area contributed by atoms with E-state index in [1.54, 1.807) is 18.4 Å². The van der Waals surface area contributed by atoms with Gasteiger partial charge in [0.05, 0.1) is 12.9 Å². The first-order valence-electron chi connectivity index (χ1n) is 8.84. The van der Waals surface area contributed by atoms with Gasteiger partial charge in [-0.15, -0.1) is 13.2 Å². The smallest absolute Gasteiger partial charge is 0.464 e. The Bertz CT molecular complexity index is 843. The molecule has 7 heteroatoms. The quantitative estimate of drug-likeness (QED) is 0.632. The fraction of sp³-hybridized carbons (Fsp3) is 0.333. The molecule has 0 radical (unpaired) electrons. The third-order valence-electron chi connectivity index (χ3n) is 4.44. The van der Waals surface area contributed by atoms with Crippen LogP contribution in [0.3, 0.4) is 0 Å². The van der Waals surface area contributed by atoms with Gasteiger partial charge in [-0.05, 0) is 66.3 Å². The molecule has 0 amide bonds. The summed E-state index contributed by atoms with van der Waals surface area (Å²) in [5.74, 6) is 0.210. The van der Waals surface area contributed by atoms with Crippen LogP contribution in [0.2, 0.25) is 0 Å². The van der Waals surface area contributed by atoms with Gasteiger partial charge in [0.25, 0.3) is 0 Å². The van der Waals surface area contributed by atoms with Crippen LogP contribution in [0.4, 0.5) is 13.2 Å². The van der Waals surface area contributed by atoms with Crippen LogP contribution in [0.5, 0.6) is 11.5 Å². The molecule has 0 saturated carbocycles. The molecule has 0 fully saturated rings. The van der Waals surface area contributed by atoms with Gasteiger partial charge in [0.2, 0.25) is 0 Å². The van der Waals surface area contributed by atoms with Crippen molar-refractivity contribution in [2.45, 2.75) is 46.7 Å². The summed E-state index contributed by atoms with van der Waals surface area (Å²) in [6.07, 6.45) is -2.29. The molecule has 4 nitrogen and oxygen atoms in total. The van der Waals surface area contributed by atoms with Crippen molar-refractivity contribution in [3.8, 4) is 22.6 Å². The zero-order valence-electron chi connectivity index (χ0n) is 16.1. The molecule has 3 N–H and O–H groups in total. The average Bonchev–Trinajstić information content (AvgIpc) is 2.65. The number of benzene rings is 2. The molecule has 0 aromatic heterocycles. The molecule has 152 valence electrons. The lowest BCUT2D eigenvalue weighted by Gasteiger charge is -2.19. The van der Waals surface area contributed by atoms with E-state index < -0.39 is 6.36 Å². The minimum absolute atomic E-state index is 0.186. The van der Waals surface area contributed by atoms with Crippen LogP contribution in [0.1, 0.15) is 37.0 Å². The van der Waals surface area contributed by atoms with Gasteiger partial charge in [-0.3, -0.25) is 0 Å². The fourth-order valence-corrected chi connectivity index (χ4v) is 2.76. The molecule has 0 unspecified atom stereocenters. The molecular formula is C21H24F3NO3. The number of ether oxygens (including phenoxy) is 2. The number of aliphatic hydroxyl groups is 1. The van der Waals surface area contributed by atoms with E-state index in [1.807, 2.05) is 26.8 Å². The summed E-state index contributed by atoms with van der Waals surface area (Å²) >= 11 is 0. The Morgan fingerprint density at radius 3 is 2.36 bits per heavy atom. The van der Waals surface area contributed by atoms with Crippen molar-refractivity contribution >= 4 is 0 Å². The molecule has 0 atom stereocenters. The standard InChI is InChI=1S/C21H24F3NO3/c1-4-13(2)12-27-20-14(3)18(9-16(10-25)19(20)11-26)15-5-7-17(8-6-15)28-21(22,23)24/h5-9,12,26H,4,10-11,25H2,1-3H3/b13-12+. The van der Waals surface area contributed by atoms with Gasteiger partial charge in [-0.1, -0.05) is 19.1 Å². The Labute approximate surface area is 162 Å². The molecule has 2 aromatic carbocycles. The van der Waals surface area contributed by atoms with Gasteiger partial charge in [0.15, 0.2) is 0 Å². The highest BCUT2D eigenvalue weighted by atomic mass is 19.4. The van der Waals surface area contributed by atoms with Gasteiger partial charge in [0, 0.05) is 12.1 Å². The summed E-state index contributed by atoms with van der Waals surface area (Å²) in [6.45, 7) is 5.72. The molecule has 0 bridgehead atoms. The number of rotatable bonds is 7. The van der Waals surface area contributed by atoms with Gasteiger partial charge >= 0.3 is 6.36 Å². The van der Waals surface area contributed by atoms with Crippen molar-refractivity contribution in [3.63, 3.8) is 0 Å². The summed E-state index contributed by atoms with van der Waals surface area (Å²) in [7, 11) is 0. The second-order valence-electron chi connectivity index (χ2n) is 6.39. The van der Waals surface area contributed by atoms with E-state index in [4.69, 9.17) is 10.5 Å². The average molecular weight is 395 g/mol. The van der Waals surface area contributed by atoms with Crippen molar-refractivity contribution in [2.75, 3.05) is 0 Å². The van der Waals surface area contributed by atoms with Gasteiger partial charge in [0.1, 0.15) is 11.5 Å². The van der Waals surface area contributed by atoms with Crippen molar-refractivity contribution in [3.05, 3.63) is 58.9 Å². The largest absolute Gasteiger partial charge is 0.573 e. The number of aliphatic hydroxyl groups excluding tert-OH is 1. The minimum Gasteiger partial charge on any atom is -0.464 e. The van der Waals surface area contributed by atoms with E-state index in [9.17, 15) is 18.3 Å². The Morgan fingerprint density at radius 2 is 1.86 bits per heavy atom. The maximum absolute atomic E-state index is 12.4. The molecule has 0 heterocycles. The van der Waals surface area contributed by atoms with Gasteiger partial charge < -0.3 is 20.3 Å². The first-order chi connectivity index (χ1) is 13.2. The number of hydrogen-bond donors (Lipinski definition) is 2. The van der Waals surface area contributed by atoms with E-state index in [0.717, 1.165) is 23.1 Å². The summed E-state index contributed by atoms with van der Waals surface area (Å²) in [4.78, 5) is 0. The van der Waals surface area contributed by atoms with Crippen LogP contribution in [-0.4, -0.2) is 11.5 Å². The second kappa shape index (κ2) is 9.12. The lowest BCUT2D eigenvalue weighted by Crippen LogP contribution is -2.16. The Balaban J connectivity index is 2.52. The molecule has 2 rings (SSSR count). The van der Waals surface area contributed by atoms with E-state index >= 15 is 0 Å². The predicted octanol–water partition coefficient (Wildman–Crippen LogP) is 5.20. The summed E-state index contributed by atoms with van der Waals surface area (Å²) in [5.41, 5.74) is 10.4. The lowest BCUT2D eigenvalue weighted by molar-refractivity contribution is -0.274. The van der Waals surface area contributed by atoms with Crippen LogP contribution in [-0.2, 0) is 13.2 Å². The maximum atomic E-state index is 12.4. The van der Waals surface area contributed by atoms with Crippen molar-refractivity contribution < 1.29 is 27.8 Å². The molecule has 0 aliphatic heterocycles. The van der Waals surface area contributed by atoms with E-state index in [1.165, 1.54) is 12.1 Å². The molecule has 0 aliphatic rings. The Morgan fingerprint density at radius 1 is 1.21 bits per heavy atom. The highest BCUT2D eigenvalue weighted by molar-refractivity contribution is 5.73. The van der Waals surface area contributed by atoms with Crippen LogP contribution in [0, 0.1) is 6.92 Å². The summed E-state index contributed by atoms with van der Waals surface area (Å²) < 4.78 is 46.9. The van der Waals surface area contributed by atoms with Crippen molar-refractivity contribution in [1.82, 2.24) is 0 Å². The number of alkyl halides is 3. The minimum atomic E-state index is -4.74. The molecule has 0 spiro atoms. The number of nitrogens with two attached hydrogens (primary N) is 1. The topological polar surface area (TPSA) is 64.7 Å². The molecular weight excluding hydrogens is 371 g/mol. The first kappa shape index (κ1) is 21.8. The second-order valence-corrected chi connectivity index (χ2v) is 6.39. The predicted molar refractivity (Wildman–Crippen MR) is 102 cm³/mol. The number of allylic oxidation sites excluding steroid dienone is 1. The molecule has 2 aromatic rings. The SMILES string of the molecule is CC/C(C)=C/Oc1c(C)c(-c2ccc(OC(F)(F)F)cc2)cc(CN)c1CO. The maximum Gasteiger partial charge on any atom is 0.573 e. The third kappa shape index (κ3) is 5.27. The van der Waals surface area contributed by atoms with E-state index in [0.29, 0.717) is 22.4 Å². The monoisotopic (exact) mass is 395 g/mol. The number of halogens is 3. The zero-order chi connectivity index (χ0) is 20.9. The van der Waals surface area contributed by atoms with Crippen LogP contribution < -0.4 is 15.2 Å². The van der Waals surface area contributed by atoms with Crippen LogP contribution in [0.25, 0.3) is 11.1 Å². The zero-order valence-corrected chi connectivity index (χ0v) is 16.1. The lowest BCUT2D eigenvalue weighted by atomic mass is 9.93. The first-order valence-corrected chi connectivity index (χ1v) is 8.84. The van der Waals surface area contributed by atoms with E-state index in [-0.39, 0.29) is 18.9 Å². The van der Waals surface area contributed by atoms with Gasteiger partial charge in [-0.2, -0.15) is 0 Å². The molecule has 28 heavy (non-hydrogen) atoms. The molecule has 0 aliphatic carbocycles. The fourth-order valence-electron chi connectivity index (χ4n) is 2.76. The Hall–Kier alpha value is -2.51. The highest BCUT2D eigenvalue weighted by Crippen LogP contribution is 2.37. The Kier molecular flexibility index (Phi) is 7.10. The van der Waals surface area contributed by atoms with Gasteiger partial charge in [-0.25, -0.2) is 0 Å². The normalized spacial score (nSPS) is 12.2. The van der Waals surface area contributed by atoms with Crippen LogP contribution >= 0.6 is 0 Å². The third-order valence-corrected chi connectivity index (χ3v) is 4.44. The molecule has 0 saturated heterocycles. The van der Waals surface area contributed by atoms with Crippen molar-refractivity contribution in [1.29, 1.82) is 0 Å². The highest BCUT2D eigenvalue weighted by Gasteiger charge is 2.31. The number of hydrogen-bond acceptors (Lipinski definition) is 4. The van der Waals surface area contributed by atoms with E-state index in [2.05, 4.69) is 4.74 Å². The van der Waals surface area contributed by atoms with Crippen LogP contribution in [0.15, 0.2) is 42.2 Å². The van der Waals surface area contributed by atoms with Crippen molar-refractivity contribution in [2.24, 2.45) is 5.73 Å².